The van der Waals surface area contributed by atoms with Gasteiger partial charge in [-0.25, -0.2) is 9.97 Å². The maximum atomic E-state index is 4.18. The van der Waals surface area contributed by atoms with E-state index in [0.717, 1.165) is 38.1 Å². The Morgan fingerprint density at radius 1 is 0.267 bits per heavy atom. The molecule has 0 aliphatic heterocycles. The zero-order chi connectivity index (χ0) is 44.1. The maximum absolute atomic E-state index is 4.18. The molecule has 60 heavy (non-hydrogen) atoms. The first-order chi connectivity index (χ1) is 29.8. The third-order valence-corrected chi connectivity index (χ3v) is 7.36. The molecule has 0 radical (unpaired) electrons. The van der Waals surface area contributed by atoms with Crippen LogP contribution in [-0.2, 0) is 0 Å². The quantitative estimate of drug-likeness (QED) is 0.149. The van der Waals surface area contributed by atoms with E-state index in [4.69, 9.17) is 0 Å². The highest BCUT2D eigenvalue weighted by Crippen LogP contribution is 2.11. The topological polar surface area (TPSA) is 103 Å². The molecule has 0 unspecified atom stereocenters. The number of pyridine rings is 2. The normalized spacial score (nSPS) is 8.83. The van der Waals surface area contributed by atoms with Gasteiger partial charge in [-0.3, -0.25) is 9.97 Å². The summed E-state index contributed by atoms with van der Waals surface area (Å²) in [6, 6.07) is 48.1. The summed E-state index contributed by atoms with van der Waals surface area (Å²) < 4.78 is 0. The Labute approximate surface area is 357 Å². The summed E-state index contributed by atoms with van der Waals surface area (Å²) in [6.07, 6.45) is 14.1. The van der Waals surface area contributed by atoms with E-state index in [2.05, 4.69) is 64.6 Å². The number of rotatable bonds is 0. The van der Waals surface area contributed by atoms with E-state index in [9.17, 15) is 0 Å². The number of benzene rings is 5. The number of hydrogen-bond donors (Lipinski definition) is 0. The molecule has 0 saturated heterocycles. The summed E-state index contributed by atoms with van der Waals surface area (Å²) in [5.74, 6) is 0. The minimum atomic E-state index is 0.949. The first-order valence-corrected chi connectivity index (χ1v) is 20.9. The lowest BCUT2D eigenvalue weighted by Crippen LogP contribution is -1.79. The van der Waals surface area contributed by atoms with Gasteiger partial charge in [-0.05, 0) is 47.2 Å². The lowest BCUT2D eigenvalue weighted by Gasteiger charge is -1.91. The van der Waals surface area contributed by atoms with Crippen LogP contribution in [-0.4, -0.2) is 40.3 Å². The van der Waals surface area contributed by atoms with Crippen molar-refractivity contribution >= 4 is 54.3 Å². The summed E-state index contributed by atoms with van der Waals surface area (Å²) in [6.45, 7) is 20.0. The number of fused-ring (bicyclic) bond motifs is 5. The monoisotopic (exact) mass is 799 g/mol. The van der Waals surface area contributed by atoms with Gasteiger partial charge in [0.15, 0.2) is 0 Å². The first kappa shape index (κ1) is 51.0. The van der Waals surface area contributed by atoms with Crippen LogP contribution in [0.25, 0.3) is 54.3 Å². The second kappa shape index (κ2) is 34.0. The van der Waals surface area contributed by atoms with Crippen molar-refractivity contribution in [1.82, 2.24) is 40.3 Å². The standard InChI is InChI=1S/2C9H7N.3C8H6N2.5C2H6/c1-2-6-9-8(4-1)5-3-7-10-9;1-2-4-9-7-10-6-5-8(9)3-1;1-2-4-8-7(3-1)5-9-6-10-8;1-2-4-8-6-10-9-5-7(8)3-1;1-2-4-8-7(3-1)5-6-9-10-8;5*1-2/h2*1-7H;3*1-6H;5*1-2H3. The Morgan fingerprint density at radius 2 is 0.667 bits per heavy atom. The summed E-state index contributed by atoms with van der Waals surface area (Å²) in [5.41, 5.74) is 3.01. The predicted octanol–water partition coefficient (Wildman–Crippen LogP) is 14.5. The zero-order valence-electron chi connectivity index (χ0n) is 37.1. The van der Waals surface area contributed by atoms with Crippen LogP contribution in [0.15, 0.2) is 195 Å². The summed E-state index contributed by atoms with van der Waals surface area (Å²) >= 11 is 0. The van der Waals surface area contributed by atoms with Gasteiger partial charge in [-0.15, -0.1) is 0 Å². The average molecular weight is 799 g/mol. The molecule has 5 heterocycles. The molecule has 10 rings (SSSR count). The molecule has 5 aromatic heterocycles. The second-order valence-corrected chi connectivity index (χ2v) is 10.7. The van der Waals surface area contributed by atoms with E-state index in [1.165, 1.54) is 16.2 Å². The van der Waals surface area contributed by atoms with Crippen molar-refractivity contribution in [2.24, 2.45) is 0 Å². The minimum absolute atomic E-state index is 0.949. The van der Waals surface area contributed by atoms with Crippen LogP contribution in [0.4, 0.5) is 0 Å². The fraction of sp³-hybridized carbons (Fsp3) is 0.192. The third-order valence-electron chi connectivity index (χ3n) is 7.36. The van der Waals surface area contributed by atoms with Crippen molar-refractivity contribution in [2.45, 2.75) is 69.2 Å². The zero-order valence-corrected chi connectivity index (χ0v) is 37.1. The Kier molecular flexibility index (Phi) is 28.9. The molecule has 8 heteroatoms. The fourth-order valence-corrected chi connectivity index (χ4v) is 4.83. The average Bonchev–Trinajstić information content (AvgIpc) is 3.38. The van der Waals surface area contributed by atoms with Crippen molar-refractivity contribution in [1.29, 1.82) is 0 Å². The smallest absolute Gasteiger partial charge is 0.116 e. The molecule has 0 saturated carbocycles. The van der Waals surface area contributed by atoms with E-state index >= 15 is 0 Å². The van der Waals surface area contributed by atoms with E-state index < -0.39 is 0 Å². The Bertz CT molecular complexity index is 1800. The van der Waals surface area contributed by atoms with Crippen LogP contribution in [0.5, 0.6) is 0 Å². The molecule has 310 valence electrons. The fourth-order valence-electron chi connectivity index (χ4n) is 4.83. The van der Waals surface area contributed by atoms with Gasteiger partial charge in [0.25, 0.3) is 0 Å². The number of aromatic nitrogens is 8. The molecule has 0 amide bonds. The van der Waals surface area contributed by atoms with Gasteiger partial charge in [0.05, 0.1) is 35.1 Å². The maximum Gasteiger partial charge on any atom is 0.116 e. The van der Waals surface area contributed by atoms with Gasteiger partial charge < -0.3 is 0 Å². The molecule has 0 atom stereocenters. The number of nitrogens with zero attached hydrogens (tertiary/aromatic N) is 8. The molecule has 0 bridgehead atoms. The molecule has 0 aliphatic rings. The highest BCUT2D eigenvalue weighted by Gasteiger charge is 1.90. The molecule has 0 spiro atoms. The highest BCUT2D eigenvalue weighted by molar-refractivity contribution is 5.82. The molecule has 0 N–H and O–H groups in total. The van der Waals surface area contributed by atoms with Crippen LogP contribution in [0.3, 0.4) is 0 Å². The Morgan fingerprint density at radius 3 is 1.18 bits per heavy atom. The van der Waals surface area contributed by atoms with Crippen LogP contribution in [0, 0.1) is 0 Å². The molecular weight excluding hydrogens is 737 g/mol. The van der Waals surface area contributed by atoms with Gasteiger partial charge in [-0.1, -0.05) is 178 Å². The summed E-state index contributed by atoms with van der Waals surface area (Å²) in [7, 11) is 0. The molecule has 10 aromatic rings. The van der Waals surface area contributed by atoms with E-state index in [0.29, 0.717) is 0 Å². The van der Waals surface area contributed by atoms with E-state index in [1.807, 2.05) is 215 Å². The Hall–Kier alpha value is -7.06. The van der Waals surface area contributed by atoms with Crippen molar-refractivity contribution < 1.29 is 0 Å². The van der Waals surface area contributed by atoms with Gasteiger partial charge in [0.2, 0.25) is 0 Å². The van der Waals surface area contributed by atoms with Gasteiger partial charge in [-0.2, -0.15) is 20.4 Å². The van der Waals surface area contributed by atoms with Crippen molar-refractivity contribution in [3.63, 3.8) is 0 Å². The van der Waals surface area contributed by atoms with Crippen molar-refractivity contribution in [2.75, 3.05) is 0 Å². The van der Waals surface area contributed by atoms with Crippen LogP contribution < -0.4 is 0 Å². The lowest BCUT2D eigenvalue weighted by atomic mass is 10.2. The lowest BCUT2D eigenvalue weighted by molar-refractivity contribution is 1.05. The van der Waals surface area contributed by atoms with Gasteiger partial charge in [0, 0.05) is 51.7 Å². The van der Waals surface area contributed by atoms with E-state index in [1.54, 1.807) is 24.9 Å². The van der Waals surface area contributed by atoms with Crippen molar-refractivity contribution in [3.05, 3.63) is 195 Å². The summed E-state index contributed by atoms with van der Waals surface area (Å²) in [5, 5.41) is 23.4. The third kappa shape index (κ3) is 18.5. The SMILES string of the molecule is CC.CC.CC.CC.CC.c1ccc2cnccc2c1.c1ccc2cnncc2c1.c1ccc2ncccc2c1.c1ccc2ncncc2c1.c1ccc2nnccc2c1. The number of hydrogen-bond acceptors (Lipinski definition) is 8. The van der Waals surface area contributed by atoms with Crippen molar-refractivity contribution in [3.8, 4) is 0 Å². The molecule has 8 nitrogen and oxygen atoms in total. The molecule has 0 fully saturated rings. The van der Waals surface area contributed by atoms with E-state index in [-0.39, 0.29) is 0 Å². The van der Waals surface area contributed by atoms with Crippen LogP contribution in [0.2, 0.25) is 0 Å². The second-order valence-electron chi connectivity index (χ2n) is 10.7. The van der Waals surface area contributed by atoms with Crippen LogP contribution in [0.1, 0.15) is 69.2 Å². The minimum Gasteiger partial charge on any atom is -0.264 e. The highest BCUT2D eigenvalue weighted by atomic mass is 15.1. The predicted molar refractivity (Wildman–Crippen MR) is 259 cm³/mol. The molecular formula is C52H62N8. The first-order valence-electron chi connectivity index (χ1n) is 20.9. The van der Waals surface area contributed by atoms with Gasteiger partial charge in [0.1, 0.15) is 6.33 Å². The Balaban J connectivity index is 0.000000356. The largest absolute Gasteiger partial charge is 0.264 e. The van der Waals surface area contributed by atoms with Gasteiger partial charge >= 0.3 is 0 Å². The van der Waals surface area contributed by atoms with Crippen LogP contribution >= 0.6 is 0 Å². The molecule has 5 aromatic carbocycles. The summed E-state index contributed by atoms with van der Waals surface area (Å²) in [4.78, 5) is 16.2. The molecule has 0 aliphatic carbocycles. The number of para-hydroxylation sites is 2.